The summed E-state index contributed by atoms with van der Waals surface area (Å²) in [6.07, 6.45) is 2.03. The van der Waals surface area contributed by atoms with E-state index in [0.29, 0.717) is 18.4 Å². The Hall–Kier alpha value is -1.55. The van der Waals surface area contributed by atoms with Crippen LogP contribution in [0.15, 0.2) is 12.1 Å². The van der Waals surface area contributed by atoms with Crippen LogP contribution in [-0.2, 0) is 13.0 Å². The van der Waals surface area contributed by atoms with Gasteiger partial charge in [0, 0.05) is 12.6 Å². The summed E-state index contributed by atoms with van der Waals surface area (Å²) < 4.78 is 5.49. The molecule has 0 amide bonds. The summed E-state index contributed by atoms with van der Waals surface area (Å²) >= 11 is 0. The van der Waals surface area contributed by atoms with Gasteiger partial charge in [0.2, 0.25) is 0 Å². The van der Waals surface area contributed by atoms with Crippen molar-refractivity contribution in [2.24, 2.45) is 0 Å². The molecule has 1 atom stereocenters. The second kappa shape index (κ2) is 6.27. The lowest BCUT2D eigenvalue weighted by atomic mass is 9.92. The number of rotatable bonds is 5. The highest BCUT2D eigenvalue weighted by Crippen LogP contribution is 2.30. The van der Waals surface area contributed by atoms with E-state index in [4.69, 9.17) is 4.74 Å². The van der Waals surface area contributed by atoms with Crippen LogP contribution in [0, 0.1) is 0 Å². The summed E-state index contributed by atoms with van der Waals surface area (Å²) in [7, 11) is 0. The van der Waals surface area contributed by atoms with Crippen LogP contribution in [0.4, 0.5) is 0 Å². The van der Waals surface area contributed by atoms with Gasteiger partial charge in [0.25, 0.3) is 0 Å². The van der Waals surface area contributed by atoms with Crippen molar-refractivity contribution in [3.8, 4) is 5.75 Å². The average Bonchev–Trinajstić information content (AvgIpc) is 2.40. The first-order valence-electron chi connectivity index (χ1n) is 7.32. The molecule has 0 saturated heterocycles. The van der Waals surface area contributed by atoms with Gasteiger partial charge in [-0.1, -0.05) is 6.92 Å². The van der Waals surface area contributed by atoms with Crippen LogP contribution >= 0.6 is 0 Å². The number of carboxylic acids is 1. The molecule has 1 heterocycles. The molecule has 1 aromatic carbocycles. The maximum absolute atomic E-state index is 11.3. The van der Waals surface area contributed by atoms with Crippen LogP contribution < -0.4 is 4.74 Å². The Kier molecular flexibility index (Phi) is 4.65. The van der Waals surface area contributed by atoms with E-state index in [1.54, 1.807) is 6.07 Å². The van der Waals surface area contributed by atoms with Crippen molar-refractivity contribution in [3.05, 3.63) is 28.8 Å². The Balaban J connectivity index is 2.37. The van der Waals surface area contributed by atoms with Gasteiger partial charge in [-0.25, -0.2) is 4.79 Å². The van der Waals surface area contributed by atoms with Crippen molar-refractivity contribution in [1.82, 2.24) is 4.90 Å². The first-order chi connectivity index (χ1) is 9.56. The van der Waals surface area contributed by atoms with Gasteiger partial charge in [0.05, 0.1) is 6.61 Å². The maximum Gasteiger partial charge on any atom is 0.339 e. The van der Waals surface area contributed by atoms with Crippen LogP contribution in [0.5, 0.6) is 5.75 Å². The van der Waals surface area contributed by atoms with E-state index < -0.39 is 5.97 Å². The predicted octanol–water partition coefficient (Wildman–Crippen LogP) is 2.94. The fourth-order valence-corrected chi connectivity index (χ4v) is 2.85. The molecule has 1 aromatic rings. The molecule has 0 aliphatic carbocycles. The number of carboxylic acid groups (broad SMARTS) is 1. The van der Waals surface area contributed by atoms with Gasteiger partial charge < -0.3 is 9.84 Å². The zero-order valence-electron chi connectivity index (χ0n) is 12.5. The first-order valence-corrected chi connectivity index (χ1v) is 7.32. The largest absolute Gasteiger partial charge is 0.493 e. The van der Waals surface area contributed by atoms with Crippen LogP contribution in [0.3, 0.4) is 0 Å². The number of fused-ring (bicyclic) bond motifs is 1. The van der Waals surface area contributed by atoms with Crippen LogP contribution in [0.1, 0.15) is 48.7 Å². The van der Waals surface area contributed by atoms with E-state index in [1.807, 2.05) is 13.0 Å². The number of nitrogens with zero attached hydrogens (tertiary/aromatic N) is 1. The van der Waals surface area contributed by atoms with Crippen LogP contribution in [0.2, 0.25) is 0 Å². The Morgan fingerprint density at radius 3 is 2.75 bits per heavy atom. The van der Waals surface area contributed by atoms with Gasteiger partial charge >= 0.3 is 5.97 Å². The zero-order valence-corrected chi connectivity index (χ0v) is 12.5. The Morgan fingerprint density at radius 2 is 2.15 bits per heavy atom. The van der Waals surface area contributed by atoms with E-state index >= 15 is 0 Å². The summed E-state index contributed by atoms with van der Waals surface area (Å²) in [4.78, 5) is 13.8. The summed E-state index contributed by atoms with van der Waals surface area (Å²) in [5, 5.41) is 9.31. The van der Waals surface area contributed by atoms with E-state index in [1.165, 1.54) is 5.56 Å². The molecule has 0 saturated carbocycles. The van der Waals surface area contributed by atoms with Crippen molar-refractivity contribution >= 4 is 5.97 Å². The Bertz CT molecular complexity index is 499. The molecule has 0 spiro atoms. The SMILES string of the molecule is CCCN1Cc2cc(OCC)c(C(=O)O)cc2CC1C. The lowest BCUT2D eigenvalue weighted by Gasteiger charge is -2.35. The van der Waals surface area contributed by atoms with Crippen LogP contribution in [0.25, 0.3) is 0 Å². The van der Waals surface area contributed by atoms with Gasteiger partial charge in [-0.15, -0.1) is 0 Å². The second-order valence-electron chi connectivity index (χ2n) is 5.38. The minimum absolute atomic E-state index is 0.279. The number of hydrogen-bond donors (Lipinski definition) is 1. The first kappa shape index (κ1) is 14.9. The number of ether oxygens (including phenoxy) is 1. The molecule has 1 N–H and O–H groups in total. The monoisotopic (exact) mass is 277 g/mol. The van der Waals surface area contributed by atoms with Crippen LogP contribution in [-0.4, -0.2) is 35.2 Å². The molecule has 0 aromatic heterocycles. The minimum atomic E-state index is -0.917. The quantitative estimate of drug-likeness (QED) is 0.899. The van der Waals surface area contributed by atoms with Gasteiger partial charge in [-0.3, -0.25) is 4.90 Å². The zero-order chi connectivity index (χ0) is 14.7. The minimum Gasteiger partial charge on any atom is -0.493 e. The topological polar surface area (TPSA) is 49.8 Å². The van der Waals surface area contributed by atoms with Crippen molar-refractivity contribution in [2.45, 2.75) is 46.2 Å². The highest BCUT2D eigenvalue weighted by atomic mass is 16.5. The highest BCUT2D eigenvalue weighted by molar-refractivity contribution is 5.91. The molecule has 4 nitrogen and oxygen atoms in total. The number of hydrogen-bond acceptors (Lipinski definition) is 3. The molecule has 4 heteroatoms. The fourth-order valence-electron chi connectivity index (χ4n) is 2.85. The Morgan fingerprint density at radius 1 is 1.40 bits per heavy atom. The average molecular weight is 277 g/mol. The molecule has 1 aliphatic rings. The lowest BCUT2D eigenvalue weighted by molar-refractivity contribution is 0.0692. The second-order valence-corrected chi connectivity index (χ2v) is 5.38. The third kappa shape index (κ3) is 2.96. The molecular formula is C16H23NO3. The molecule has 1 aliphatic heterocycles. The number of carbonyl (C=O) groups is 1. The van der Waals surface area contributed by atoms with Crippen molar-refractivity contribution in [2.75, 3.05) is 13.2 Å². The van der Waals surface area contributed by atoms with Crippen molar-refractivity contribution < 1.29 is 14.6 Å². The molecule has 0 fully saturated rings. The molecule has 110 valence electrons. The van der Waals surface area contributed by atoms with E-state index in [9.17, 15) is 9.90 Å². The van der Waals surface area contributed by atoms with Gasteiger partial charge in [0.15, 0.2) is 0 Å². The molecule has 0 radical (unpaired) electrons. The molecule has 2 rings (SSSR count). The van der Waals surface area contributed by atoms with Gasteiger partial charge in [0.1, 0.15) is 11.3 Å². The molecule has 0 bridgehead atoms. The lowest BCUT2D eigenvalue weighted by Crippen LogP contribution is -2.38. The van der Waals surface area contributed by atoms with E-state index in [0.717, 1.165) is 31.5 Å². The molecule has 20 heavy (non-hydrogen) atoms. The number of aromatic carboxylic acids is 1. The summed E-state index contributed by atoms with van der Waals surface area (Å²) in [6.45, 7) is 8.69. The normalized spacial score (nSPS) is 18.6. The standard InChI is InChI=1S/C16H23NO3/c1-4-6-17-10-13-9-15(20-5-2)14(16(18)19)8-12(13)7-11(17)3/h8-9,11H,4-7,10H2,1-3H3,(H,18,19). The van der Waals surface area contributed by atoms with Crippen molar-refractivity contribution in [1.29, 1.82) is 0 Å². The predicted molar refractivity (Wildman–Crippen MR) is 78.4 cm³/mol. The molecule has 1 unspecified atom stereocenters. The maximum atomic E-state index is 11.3. The van der Waals surface area contributed by atoms with E-state index in [2.05, 4.69) is 18.7 Å². The Labute approximate surface area is 120 Å². The smallest absolute Gasteiger partial charge is 0.339 e. The van der Waals surface area contributed by atoms with Gasteiger partial charge in [-0.05, 0) is 56.5 Å². The summed E-state index contributed by atoms with van der Waals surface area (Å²) in [5.74, 6) is -0.426. The third-order valence-corrected chi connectivity index (χ3v) is 3.85. The highest BCUT2D eigenvalue weighted by Gasteiger charge is 2.25. The van der Waals surface area contributed by atoms with Crippen molar-refractivity contribution in [3.63, 3.8) is 0 Å². The summed E-state index contributed by atoms with van der Waals surface area (Å²) in [5.41, 5.74) is 2.62. The fraction of sp³-hybridized carbons (Fsp3) is 0.562. The van der Waals surface area contributed by atoms with Gasteiger partial charge in [-0.2, -0.15) is 0 Å². The third-order valence-electron chi connectivity index (χ3n) is 3.85. The summed E-state index contributed by atoms with van der Waals surface area (Å²) in [6, 6.07) is 4.17. The van der Waals surface area contributed by atoms with E-state index in [-0.39, 0.29) is 5.56 Å². The number of benzene rings is 1. The molecular weight excluding hydrogens is 254 g/mol.